The fraction of sp³-hybridized carbons (Fsp3) is 0.200. The number of anilines is 1. The zero-order chi connectivity index (χ0) is 9.42. The van der Waals surface area contributed by atoms with E-state index in [0.717, 1.165) is 11.0 Å². The topological polar surface area (TPSA) is 26.0 Å². The first-order chi connectivity index (χ1) is 6.22. The van der Waals surface area contributed by atoms with Gasteiger partial charge in [-0.1, -0.05) is 15.9 Å². The number of hydrogen-bond donors (Lipinski definition) is 1. The van der Waals surface area contributed by atoms with E-state index in [2.05, 4.69) is 28.2 Å². The van der Waals surface area contributed by atoms with Crippen molar-refractivity contribution in [2.45, 2.75) is 12.3 Å². The van der Waals surface area contributed by atoms with E-state index in [9.17, 15) is 0 Å². The number of thiophene rings is 1. The van der Waals surface area contributed by atoms with Crippen molar-refractivity contribution in [1.82, 2.24) is 0 Å². The van der Waals surface area contributed by atoms with E-state index < -0.39 is 0 Å². The summed E-state index contributed by atoms with van der Waals surface area (Å²) in [5, 5.41) is 4.46. The maximum atomic E-state index is 5.77. The molecule has 2 N–H and O–H groups in total. The van der Waals surface area contributed by atoms with E-state index in [0.29, 0.717) is 0 Å². The van der Waals surface area contributed by atoms with Crippen LogP contribution in [0.2, 0.25) is 0 Å². The van der Waals surface area contributed by atoms with Crippen LogP contribution >= 0.6 is 27.3 Å². The molecule has 1 aromatic carbocycles. The molecule has 0 fully saturated rings. The zero-order valence-electron chi connectivity index (χ0n) is 7.30. The molecule has 1 aromatic heterocycles. The minimum absolute atomic E-state index is 0.855. The molecule has 0 saturated carbocycles. The van der Waals surface area contributed by atoms with E-state index in [1.807, 2.05) is 12.1 Å². The third-order valence-corrected chi connectivity index (χ3v) is 3.70. The van der Waals surface area contributed by atoms with Gasteiger partial charge < -0.3 is 5.73 Å². The summed E-state index contributed by atoms with van der Waals surface area (Å²) in [5.41, 5.74) is 9.25. The normalized spacial score (nSPS) is 10.9. The van der Waals surface area contributed by atoms with E-state index in [1.165, 1.54) is 21.2 Å². The summed E-state index contributed by atoms with van der Waals surface area (Å²) in [6, 6.07) is 4.07. The predicted octanol–water partition coefficient (Wildman–Crippen LogP) is 3.69. The van der Waals surface area contributed by atoms with Crippen LogP contribution in [0.5, 0.6) is 0 Å². The average Bonchev–Trinajstić information content (AvgIpc) is 2.47. The Kier molecular flexibility index (Phi) is 2.30. The maximum Gasteiger partial charge on any atom is 0.0369 e. The number of hydrogen-bond acceptors (Lipinski definition) is 2. The van der Waals surface area contributed by atoms with Crippen LogP contribution in [0.3, 0.4) is 0 Å². The smallest absolute Gasteiger partial charge is 0.0369 e. The molecular formula is C10H10BrNS. The van der Waals surface area contributed by atoms with Gasteiger partial charge in [-0.05, 0) is 40.9 Å². The molecule has 1 heterocycles. The molecule has 0 aliphatic heterocycles. The Bertz CT molecular complexity index is 447. The SMILES string of the molecule is Cc1cc(N)cc2scc(CBr)c12. The third-order valence-electron chi connectivity index (χ3n) is 2.11. The summed E-state index contributed by atoms with van der Waals surface area (Å²) in [7, 11) is 0. The molecule has 2 rings (SSSR count). The highest BCUT2D eigenvalue weighted by atomic mass is 79.9. The first kappa shape index (κ1) is 9.03. The molecule has 0 atom stereocenters. The minimum atomic E-state index is 0.855. The molecule has 0 bridgehead atoms. The molecule has 0 radical (unpaired) electrons. The Morgan fingerprint density at radius 2 is 2.23 bits per heavy atom. The van der Waals surface area contributed by atoms with Crippen LogP contribution in [-0.2, 0) is 5.33 Å². The summed E-state index contributed by atoms with van der Waals surface area (Å²) in [4.78, 5) is 0. The van der Waals surface area contributed by atoms with Gasteiger partial charge in [-0.15, -0.1) is 11.3 Å². The van der Waals surface area contributed by atoms with Crippen molar-refractivity contribution in [2.75, 3.05) is 5.73 Å². The number of nitrogens with two attached hydrogens (primary N) is 1. The number of nitrogen functional groups attached to an aromatic ring is 1. The fourth-order valence-corrected chi connectivity index (χ4v) is 3.32. The number of halogens is 1. The highest BCUT2D eigenvalue weighted by Crippen LogP contribution is 2.32. The number of alkyl halides is 1. The lowest BCUT2D eigenvalue weighted by molar-refractivity contribution is 1.48. The third kappa shape index (κ3) is 1.46. The van der Waals surface area contributed by atoms with Crippen LogP contribution in [0.25, 0.3) is 10.1 Å². The standard InChI is InChI=1S/C10H10BrNS/c1-6-2-8(12)3-9-10(6)7(4-11)5-13-9/h2-3,5H,4,12H2,1H3. The van der Waals surface area contributed by atoms with E-state index in [4.69, 9.17) is 5.73 Å². The Balaban J connectivity index is 2.82. The predicted molar refractivity (Wildman–Crippen MR) is 63.6 cm³/mol. The van der Waals surface area contributed by atoms with Gasteiger partial charge in [0.2, 0.25) is 0 Å². The molecule has 0 aliphatic carbocycles. The number of benzene rings is 1. The number of fused-ring (bicyclic) bond motifs is 1. The summed E-state index contributed by atoms with van der Waals surface area (Å²) in [6.07, 6.45) is 0. The van der Waals surface area contributed by atoms with Gasteiger partial charge in [-0.2, -0.15) is 0 Å². The van der Waals surface area contributed by atoms with Gasteiger partial charge in [0.05, 0.1) is 0 Å². The van der Waals surface area contributed by atoms with Crippen LogP contribution < -0.4 is 5.73 Å². The van der Waals surface area contributed by atoms with Gasteiger partial charge >= 0.3 is 0 Å². The Morgan fingerprint density at radius 1 is 1.46 bits per heavy atom. The second-order valence-electron chi connectivity index (χ2n) is 3.11. The Morgan fingerprint density at radius 3 is 2.92 bits per heavy atom. The van der Waals surface area contributed by atoms with Gasteiger partial charge in [0.1, 0.15) is 0 Å². The van der Waals surface area contributed by atoms with E-state index in [-0.39, 0.29) is 0 Å². The molecule has 0 saturated heterocycles. The number of rotatable bonds is 1. The second-order valence-corrected chi connectivity index (χ2v) is 4.58. The molecule has 68 valence electrons. The van der Waals surface area contributed by atoms with Crippen molar-refractivity contribution < 1.29 is 0 Å². The number of aryl methyl sites for hydroxylation is 1. The van der Waals surface area contributed by atoms with Crippen molar-refractivity contribution in [3.63, 3.8) is 0 Å². The van der Waals surface area contributed by atoms with Gasteiger partial charge in [-0.25, -0.2) is 0 Å². The molecule has 0 aliphatic rings. The summed E-state index contributed by atoms with van der Waals surface area (Å²) < 4.78 is 1.28. The fourth-order valence-electron chi connectivity index (χ4n) is 1.58. The molecule has 2 aromatic rings. The first-order valence-corrected chi connectivity index (χ1v) is 6.04. The quantitative estimate of drug-likeness (QED) is 0.611. The van der Waals surface area contributed by atoms with Crippen LogP contribution in [-0.4, -0.2) is 0 Å². The first-order valence-electron chi connectivity index (χ1n) is 4.04. The largest absolute Gasteiger partial charge is 0.399 e. The molecule has 3 heteroatoms. The summed E-state index contributed by atoms with van der Waals surface area (Å²) in [6.45, 7) is 2.11. The van der Waals surface area contributed by atoms with Crippen molar-refractivity contribution >= 4 is 43.0 Å². The lowest BCUT2D eigenvalue weighted by atomic mass is 10.1. The maximum absolute atomic E-state index is 5.77. The average molecular weight is 256 g/mol. The van der Waals surface area contributed by atoms with E-state index >= 15 is 0 Å². The summed E-state index contributed by atoms with van der Waals surface area (Å²) >= 11 is 5.24. The van der Waals surface area contributed by atoms with Gasteiger partial charge in [-0.3, -0.25) is 0 Å². The second kappa shape index (κ2) is 3.31. The van der Waals surface area contributed by atoms with Crippen molar-refractivity contribution in [3.8, 4) is 0 Å². The Labute approximate surface area is 89.7 Å². The minimum Gasteiger partial charge on any atom is -0.399 e. The lowest BCUT2D eigenvalue weighted by Gasteiger charge is -2.00. The van der Waals surface area contributed by atoms with Crippen LogP contribution in [0, 0.1) is 6.92 Å². The molecule has 13 heavy (non-hydrogen) atoms. The molecular weight excluding hydrogens is 246 g/mol. The van der Waals surface area contributed by atoms with Gasteiger partial charge in [0.15, 0.2) is 0 Å². The van der Waals surface area contributed by atoms with Crippen LogP contribution in [0.4, 0.5) is 5.69 Å². The van der Waals surface area contributed by atoms with Crippen molar-refractivity contribution in [2.24, 2.45) is 0 Å². The highest BCUT2D eigenvalue weighted by molar-refractivity contribution is 9.08. The van der Waals surface area contributed by atoms with Crippen molar-refractivity contribution in [3.05, 3.63) is 28.6 Å². The molecule has 1 nitrogen and oxygen atoms in total. The molecule has 0 spiro atoms. The molecule has 0 unspecified atom stereocenters. The Hall–Kier alpha value is -0.540. The lowest BCUT2D eigenvalue weighted by Crippen LogP contribution is -1.86. The van der Waals surface area contributed by atoms with Gasteiger partial charge in [0.25, 0.3) is 0 Å². The highest BCUT2D eigenvalue weighted by Gasteiger charge is 2.06. The molecule has 0 amide bonds. The van der Waals surface area contributed by atoms with Crippen LogP contribution in [0.15, 0.2) is 17.5 Å². The van der Waals surface area contributed by atoms with Crippen molar-refractivity contribution in [1.29, 1.82) is 0 Å². The monoisotopic (exact) mass is 255 g/mol. The zero-order valence-corrected chi connectivity index (χ0v) is 9.71. The van der Waals surface area contributed by atoms with E-state index in [1.54, 1.807) is 11.3 Å². The van der Waals surface area contributed by atoms with Gasteiger partial charge in [0, 0.05) is 15.7 Å². The summed E-state index contributed by atoms with van der Waals surface area (Å²) in [5.74, 6) is 0. The van der Waals surface area contributed by atoms with Crippen LogP contribution in [0.1, 0.15) is 11.1 Å².